The molecule has 1 atom stereocenters. The number of hydrogen-bond acceptors (Lipinski definition) is 6. The molecule has 1 fully saturated rings. The van der Waals surface area contributed by atoms with Crippen molar-refractivity contribution in [2.45, 2.75) is 39.2 Å². The third-order valence-electron chi connectivity index (χ3n) is 3.48. The van der Waals surface area contributed by atoms with E-state index in [0.29, 0.717) is 19.1 Å². The predicted molar refractivity (Wildman–Crippen MR) is 78.3 cm³/mol. The molecule has 1 aromatic rings. The lowest BCUT2D eigenvalue weighted by Gasteiger charge is -2.31. The fourth-order valence-corrected chi connectivity index (χ4v) is 2.28. The van der Waals surface area contributed by atoms with E-state index in [0.717, 1.165) is 24.8 Å². The normalized spacial score (nSPS) is 17.9. The molecular weight excluding hydrogens is 286 g/mol. The van der Waals surface area contributed by atoms with Gasteiger partial charge in [-0.3, -0.25) is 4.79 Å². The molecule has 2 heterocycles. The summed E-state index contributed by atoms with van der Waals surface area (Å²) in [5.74, 6) is -1.43. The first-order valence-corrected chi connectivity index (χ1v) is 7.57. The summed E-state index contributed by atoms with van der Waals surface area (Å²) in [6.07, 6.45) is 5.68. The molecule has 1 aliphatic heterocycles. The first kappa shape index (κ1) is 16.2. The number of hydrogen-bond donors (Lipinski definition) is 0. The second-order valence-electron chi connectivity index (χ2n) is 5.08. The number of amides is 1. The quantitative estimate of drug-likeness (QED) is 0.609. The molecule has 7 nitrogen and oxygen atoms in total. The number of ether oxygens (including phenoxy) is 2. The van der Waals surface area contributed by atoms with Gasteiger partial charge >= 0.3 is 17.9 Å². The van der Waals surface area contributed by atoms with Crippen LogP contribution >= 0.6 is 0 Å². The first-order valence-electron chi connectivity index (χ1n) is 7.57. The van der Waals surface area contributed by atoms with Gasteiger partial charge in [0.1, 0.15) is 6.10 Å². The molecule has 1 aromatic heterocycles. The maximum atomic E-state index is 11.9. The Hall–Kier alpha value is -2.18. The molecule has 1 unspecified atom stereocenters. The molecule has 1 amide bonds. The van der Waals surface area contributed by atoms with Crippen molar-refractivity contribution in [2.75, 3.05) is 19.7 Å². The molecule has 0 N–H and O–H groups in total. The Morgan fingerprint density at radius 2 is 2.05 bits per heavy atom. The molecule has 0 aromatic carbocycles. The number of carbonyl (C=O) groups excluding carboxylic acids is 2. The highest BCUT2D eigenvalue weighted by molar-refractivity contribution is 6.32. The number of carbonyl (C=O) groups is 2. The molecule has 0 aliphatic carbocycles. The van der Waals surface area contributed by atoms with Crippen LogP contribution in [0.2, 0.25) is 0 Å². The van der Waals surface area contributed by atoms with E-state index in [2.05, 4.69) is 9.97 Å². The standard InChI is InChI=1S/C15H21N3O4/c1-3-11-8-16-15(17-9-11)22-12-6-5-7-18(10-12)13(19)14(20)21-4-2/h8-9,12H,3-7,10H2,1-2H3. The monoisotopic (exact) mass is 307 g/mol. The molecule has 0 spiro atoms. The SMILES string of the molecule is CCOC(=O)C(=O)N1CCCC(Oc2ncc(CC)cn2)C1. The van der Waals surface area contributed by atoms with Crippen molar-refractivity contribution < 1.29 is 19.1 Å². The Kier molecular flexibility index (Phi) is 5.68. The van der Waals surface area contributed by atoms with Crippen LogP contribution in [0, 0.1) is 0 Å². The lowest BCUT2D eigenvalue weighted by molar-refractivity contribution is -0.161. The summed E-state index contributed by atoms with van der Waals surface area (Å²) in [4.78, 5) is 33.2. The average molecular weight is 307 g/mol. The number of nitrogens with zero attached hydrogens (tertiary/aromatic N) is 3. The maximum absolute atomic E-state index is 11.9. The lowest BCUT2D eigenvalue weighted by Crippen LogP contribution is -2.47. The van der Waals surface area contributed by atoms with Crippen molar-refractivity contribution >= 4 is 11.9 Å². The van der Waals surface area contributed by atoms with E-state index in [1.165, 1.54) is 4.90 Å². The van der Waals surface area contributed by atoms with E-state index in [-0.39, 0.29) is 12.7 Å². The molecule has 2 rings (SSSR count). The summed E-state index contributed by atoms with van der Waals surface area (Å²) < 4.78 is 10.4. The molecular formula is C15H21N3O4. The Labute approximate surface area is 129 Å². The van der Waals surface area contributed by atoms with E-state index in [9.17, 15) is 9.59 Å². The number of esters is 1. The summed E-state index contributed by atoms with van der Waals surface area (Å²) >= 11 is 0. The van der Waals surface area contributed by atoms with Gasteiger partial charge < -0.3 is 14.4 Å². The minimum Gasteiger partial charge on any atom is -0.459 e. The van der Waals surface area contributed by atoms with E-state index >= 15 is 0 Å². The summed E-state index contributed by atoms with van der Waals surface area (Å²) in [6.45, 7) is 4.77. The Bertz CT molecular complexity index is 518. The van der Waals surface area contributed by atoms with Crippen molar-refractivity contribution in [1.82, 2.24) is 14.9 Å². The Balaban J connectivity index is 1.92. The van der Waals surface area contributed by atoms with Crippen LogP contribution in [-0.4, -0.2) is 52.5 Å². The Morgan fingerprint density at radius 1 is 1.32 bits per heavy atom. The van der Waals surface area contributed by atoms with E-state index in [1.807, 2.05) is 6.92 Å². The highest BCUT2D eigenvalue weighted by atomic mass is 16.5. The molecule has 7 heteroatoms. The summed E-state index contributed by atoms with van der Waals surface area (Å²) in [5, 5.41) is 0. The number of aryl methyl sites for hydroxylation is 1. The van der Waals surface area contributed by atoms with Crippen LogP contribution in [0.1, 0.15) is 32.3 Å². The van der Waals surface area contributed by atoms with Gasteiger partial charge in [0.25, 0.3) is 0 Å². The minimum absolute atomic E-state index is 0.190. The highest BCUT2D eigenvalue weighted by Crippen LogP contribution is 2.16. The predicted octanol–water partition coefficient (Wildman–Crippen LogP) is 0.972. The van der Waals surface area contributed by atoms with Crippen LogP contribution in [-0.2, 0) is 20.7 Å². The molecule has 22 heavy (non-hydrogen) atoms. The van der Waals surface area contributed by atoms with Crippen molar-refractivity contribution in [3.05, 3.63) is 18.0 Å². The number of piperidine rings is 1. The van der Waals surface area contributed by atoms with Crippen LogP contribution < -0.4 is 4.74 Å². The summed E-state index contributed by atoms with van der Waals surface area (Å²) in [7, 11) is 0. The number of likely N-dealkylation sites (tertiary alicyclic amines) is 1. The topological polar surface area (TPSA) is 81.6 Å². The fraction of sp³-hybridized carbons (Fsp3) is 0.600. The van der Waals surface area contributed by atoms with Gasteiger partial charge in [-0.15, -0.1) is 0 Å². The fourth-order valence-electron chi connectivity index (χ4n) is 2.28. The van der Waals surface area contributed by atoms with Gasteiger partial charge in [-0.2, -0.15) is 0 Å². The van der Waals surface area contributed by atoms with Gasteiger partial charge in [0, 0.05) is 18.9 Å². The lowest BCUT2D eigenvalue weighted by atomic mass is 10.1. The van der Waals surface area contributed by atoms with Gasteiger partial charge in [-0.1, -0.05) is 6.92 Å². The molecule has 120 valence electrons. The largest absolute Gasteiger partial charge is 0.459 e. The van der Waals surface area contributed by atoms with E-state index < -0.39 is 11.9 Å². The van der Waals surface area contributed by atoms with Crippen LogP contribution in [0.5, 0.6) is 6.01 Å². The minimum atomic E-state index is -0.813. The summed E-state index contributed by atoms with van der Waals surface area (Å²) in [6, 6.07) is 0.299. The molecule has 0 radical (unpaired) electrons. The van der Waals surface area contributed by atoms with E-state index in [1.54, 1.807) is 19.3 Å². The van der Waals surface area contributed by atoms with Crippen molar-refractivity contribution in [1.29, 1.82) is 0 Å². The van der Waals surface area contributed by atoms with Crippen LogP contribution in [0.4, 0.5) is 0 Å². The molecule has 0 saturated carbocycles. The number of aromatic nitrogens is 2. The molecule has 0 bridgehead atoms. The smallest absolute Gasteiger partial charge is 0.397 e. The van der Waals surface area contributed by atoms with Crippen LogP contribution in [0.15, 0.2) is 12.4 Å². The van der Waals surface area contributed by atoms with Gasteiger partial charge in [0.05, 0.1) is 13.2 Å². The summed E-state index contributed by atoms with van der Waals surface area (Å²) in [5.41, 5.74) is 1.04. The van der Waals surface area contributed by atoms with Gasteiger partial charge in [0.2, 0.25) is 0 Å². The second-order valence-corrected chi connectivity index (χ2v) is 5.08. The zero-order valence-electron chi connectivity index (χ0n) is 12.9. The zero-order valence-corrected chi connectivity index (χ0v) is 12.9. The first-order chi connectivity index (χ1) is 10.6. The van der Waals surface area contributed by atoms with Crippen molar-refractivity contribution in [2.24, 2.45) is 0 Å². The Morgan fingerprint density at radius 3 is 2.68 bits per heavy atom. The average Bonchev–Trinajstić information content (AvgIpc) is 2.55. The third kappa shape index (κ3) is 4.16. The van der Waals surface area contributed by atoms with Gasteiger partial charge in [-0.25, -0.2) is 14.8 Å². The van der Waals surface area contributed by atoms with Crippen LogP contribution in [0.3, 0.4) is 0 Å². The zero-order chi connectivity index (χ0) is 15.9. The third-order valence-corrected chi connectivity index (χ3v) is 3.48. The van der Waals surface area contributed by atoms with Gasteiger partial charge in [0.15, 0.2) is 0 Å². The highest BCUT2D eigenvalue weighted by Gasteiger charge is 2.29. The van der Waals surface area contributed by atoms with Crippen molar-refractivity contribution in [3.8, 4) is 6.01 Å². The molecule has 1 aliphatic rings. The van der Waals surface area contributed by atoms with Crippen LogP contribution in [0.25, 0.3) is 0 Å². The van der Waals surface area contributed by atoms with Gasteiger partial charge in [-0.05, 0) is 31.7 Å². The van der Waals surface area contributed by atoms with Crippen molar-refractivity contribution in [3.63, 3.8) is 0 Å². The second kappa shape index (κ2) is 7.72. The molecule has 1 saturated heterocycles. The number of rotatable bonds is 4. The maximum Gasteiger partial charge on any atom is 0.397 e. The van der Waals surface area contributed by atoms with E-state index in [4.69, 9.17) is 9.47 Å².